The van der Waals surface area contributed by atoms with E-state index in [0.29, 0.717) is 49.8 Å². The number of hydrogen-bond donors (Lipinski definition) is 0. The number of hydrogen-bond acceptors (Lipinski definition) is 7. The predicted molar refractivity (Wildman–Crippen MR) is 126 cm³/mol. The molecule has 0 unspecified atom stereocenters. The minimum absolute atomic E-state index is 0.0374. The third-order valence-corrected chi connectivity index (χ3v) is 5.60. The maximum Gasteiger partial charge on any atom is 0.254 e. The lowest BCUT2D eigenvalue weighted by atomic mass is 10.1. The van der Waals surface area contributed by atoms with Crippen LogP contribution in [0.2, 0.25) is 0 Å². The molecule has 4 rings (SSSR count). The summed E-state index contributed by atoms with van der Waals surface area (Å²) in [4.78, 5) is 26.0. The quantitative estimate of drug-likeness (QED) is 0.547. The Labute approximate surface area is 193 Å². The maximum atomic E-state index is 13.1. The van der Waals surface area contributed by atoms with E-state index in [1.165, 1.54) is 0 Å². The number of carbonyl (C=O) groups is 1. The molecule has 0 spiro atoms. The van der Waals surface area contributed by atoms with E-state index in [2.05, 4.69) is 14.9 Å². The van der Waals surface area contributed by atoms with Crippen LogP contribution in [0.5, 0.6) is 17.2 Å². The Morgan fingerprint density at radius 1 is 0.879 bits per heavy atom. The van der Waals surface area contributed by atoms with Crippen molar-refractivity contribution >= 4 is 11.7 Å². The zero-order valence-corrected chi connectivity index (χ0v) is 19.2. The first-order valence-corrected chi connectivity index (χ1v) is 10.9. The molecule has 1 aromatic heterocycles. The molecule has 0 atom stereocenters. The minimum Gasteiger partial charge on any atom is -0.497 e. The highest BCUT2D eigenvalue weighted by molar-refractivity contribution is 5.95. The van der Waals surface area contributed by atoms with Gasteiger partial charge in [0.25, 0.3) is 5.91 Å². The largest absolute Gasteiger partial charge is 0.497 e. The number of nitrogens with zero attached hydrogens (tertiary/aromatic N) is 4. The second kappa shape index (κ2) is 10.2. The van der Waals surface area contributed by atoms with Gasteiger partial charge in [-0.25, -0.2) is 9.97 Å². The molecule has 1 amide bonds. The summed E-state index contributed by atoms with van der Waals surface area (Å²) in [5.74, 6) is 2.84. The number of benzene rings is 2. The van der Waals surface area contributed by atoms with E-state index in [0.717, 1.165) is 22.8 Å². The predicted octanol–water partition coefficient (Wildman–Crippen LogP) is 3.52. The number of anilines is 1. The summed E-state index contributed by atoms with van der Waals surface area (Å²) >= 11 is 0. The number of methoxy groups -OCH3 is 2. The van der Waals surface area contributed by atoms with Crippen molar-refractivity contribution < 1.29 is 19.0 Å². The van der Waals surface area contributed by atoms with Gasteiger partial charge in [-0.05, 0) is 43.3 Å². The van der Waals surface area contributed by atoms with Crippen molar-refractivity contribution in [2.45, 2.75) is 6.92 Å². The zero-order chi connectivity index (χ0) is 23.2. The second-order valence-electron chi connectivity index (χ2n) is 7.60. The third kappa shape index (κ3) is 5.16. The number of aromatic nitrogens is 2. The first-order valence-electron chi connectivity index (χ1n) is 10.9. The smallest absolute Gasteiger partial charge is 0.254 e. The topological polar surface area (TPSA) is 77.0 Å². The van der Waals surface area contributed by atoms with Gasteiger partial charge in [-0.1, -0.05) is 0 Å². The average Bonchev–Trinajstić information content (AvgIpc) is 2.88. The lowest BCUT2D eigenvalue weighted by Crippen LogP contribution is -2.49. The Kier molecular flexibility index (Phi) is 6.92. The van der Waals surface area contributed by atoms with Crippen LogP contribution in [0.4, 0.5) is 5.82 Å². The molecule has 8 heteroatoms. The van der Waals surface area contributed by atoms with Crippen LogP contribution in [0.1, 0.15) is 17.3 Å². The number of rotatable bonds is 7. The van der Waals surface area contributed by atoms with Crippen LogP contribution in [0.3, 0.4) is 0 Å². The summed E-state index contributed by atoms with van der Waals surface area (Å²) in [6.07, 6.45) is 1.58. The van der Waals surface area contributed by atoms with Gasteiger partial charge in [-0.3, -0.25) is 4.79 Å². The lowest BCUT2D eigenvalue weighted by molar-refractivity contribution is 0.0745. The first-order chi connectivity index (χ1) is 16.1. The molecule has 33 heavy (non-hydrogen) atoms. The van der Waals surface area contributed by atoms with E-state index in [4.69, 9.17) is 14.2 Å². The zero-order valence-electron chi connectivity index (χ0n) is 19.2. The molecule has 3 aromatic rings. The highest BCUT2D eigenvalue weighted by Crippen LogP contribution is 2.26. The van der Waals surface area contributed by atoms with Gasteiger partial charge in [-0.15, -0.1) is 0 Å². The van der Waals surface area contributed by atoms with E-state index in [1.807, 2.05) is 42.2 Å². The maximum absolute atomic E-state index is 13.1. The van der Waals surface area contributed by atoms with E-state index >= 15 is 0 Å². The van der Waals surface area contributed by atoms with Gasteiger partial charge in [0.15, 0.2) is 0 Å². The SMILES string of the molecule is CCOc1ccc(-c2cc(N3CCN(C(=O)c4cc(OC)cc(OC)c4)CC3)ncn2)cc1. The van der Waals surface area contributed by atoms with Gasteiger partial charge in [0.2, 0.25) is 0 Å². The van der Waals surface area contributed by atoms with Crippen LogP contribution in [0.25, 0.3) is 11.3 Å². The summed E-state index contributed by atoms with van der Waals surface area (Å²) in [6, 6.07) is 15.1. The van der Waals surface area contributed by atoms with Crippen molar-refractivity contribution in [3.8, 4) is 28.5 Å². The Hall–Kier alpha value is -3.81. The number of piperazine rings is 1. The van der Waals surface area contributed by atoms with Crippen molar-refractivity contribution in [2.75, 3.05) is 51.9 Å². The molecule has 2 heterocycles. The molecule has 1 aliphatic heterocycles. The number of carbonyl (C=O) groups excluding carboxylic acids is 1. The number of amides is 1. The van der Waals surface area contributed by atoms with Crippen LogP contribution in [0, 0.1) is 0 Å². The first kappa shape index (κ1) is 22.4. The second-order valence-corrected chi connectivity index (χ2v) is 7.60. The summed E-state index contributed by atoms with van der Waals surface area (Å²) in [6.45, 7) is 5.17. The Morgan fingerprint density at radius 2 is 1.55 bits per heavy atom. The van der Waals surface area contributed by atoms with Crippen molar-refractivity contribution in [1.82, 2.24) is 14.9 Å². The van der Waals surface area contributed by atoms with Crippen LogP contribution in [0.15, 0.2) is 54.9 Å². The third-order valence-electron chi connectivity index (χ3n) is 5.60. The molecule has 1 fully saturated rings. The molecule has 8 nitrogen and oxygen atoms in total. The molecule has 0 N–H and O–H groups in total. The van der Waals surface area contributed by atoms with Crippen LogP contribution < -0.4 is 19.1 Å². The fourth-order valence-electron chi connectivity index (χ4n) is 3.82. The summed E-state index contributed by atoms with van der Waals surface area (Å²) in [5.41, 5.74) is 2.41. The Balaban J connectivity index is 1.43. The molecular weight excluding hydrogens is 420 g/mol. The summed E-state index contributed by atoms with van der Waals surface area (Å²) < 4.78 is 16.1. The molecule has 0 radical (unpaired) electrons. The van der Waals surface area contributed by atoms with Crippen LogP contribution >= 0.6 is 0 Å². The van der Waals surface area contributed by atoms with E-state index in [1.54, 1.807) is 38.7 Å². The van der Waals surface area contributed by atoms with Gasteiger partial charge < -0.3 is 24.0 Å². The fraction of sp³-hybridized carbons (Fsp3) is 0.320. The van der Waals surface area contributed by atoms with Gasteiger partial charge in [0, 0.05) is 49.4 Å². The van der Waals surface area contributed by atoms with Gasteiger partial charge >= 0.3 is 0 Å². The summed E-state index contributed by atoms with van der Waals surface area (Å²) in [7, 11) is 3.15. The molecule has 0 saturated carbocycles. The standard InChI is InChI=1S/C25H28N4O4/c1-4-33-20-7-5-18(6-8-20)23-16-24(27-17-26-23)28-9-11-29(12-10-28)25(30)19-13-21(31-2)15-22(14-19)32-3/h5-8,13-17H,4,9-12H2,1-3H3. The van der Waals surface area contributed by atoms with E-state index < -0.39 is 0 Å². The molecule has 172 valence electrons. The van der Waals surface area contributed by atoms with Crippen molar-refractivity contribution in [3.05, 3.63) is 60.4 Å². The monoisotopic (exact) mass is 448 g/mol. The average molecular weight is 449 g/mol. The summed E-state index contributed by atoms with van der Waals surface area (Å²) in [5, 5.41) is 0. The van der Waals surface area contributed by atoms with E-state index in [9.17, 15) is 4.79 Å². The molecule has 2 aromatic carbocycles. The minimum atomic E-state index is -0.0374. The lowest BCUT2D eigenvalue weighted by Gasteiger charge is -2.35. The normalized spacial score (nSPS) is 13.5. The molecule has 0 aliphatic carbocycles. The van der Waals surface area contributed by atoms with Crippen LogP contribution in [-0.4, -0.2) is 67.8 Å². The Bertz CT molecular complexity index is 1070. The van der Waals surface area contributed by atoms with Gasteiger partial charge in [0.1, 0.15) is 29.4 Å². The van der Waals surface area contributed by atoms with Crippen molar-refractivity contribution in [3.63, 3.8) is 0 Å². The van der Waals surface area contributed by atoms with E-state index in [-0.39, 0.29) is 5.91 Å². The molecule has 1 aliphatic rings. The van der Waals surface area contributed by atoms with Crippen molar-refractivity contribution in [2.24, 2.45) is 0 Å². The fourth-order valence-corrected chi connectivity index (χ4v) is 3.82. The van der Waals surface area contributed by atoms with Gasteiger partial charge in [0.05, 0.1) is 26.5 Å². The van der Waals surface area contributed by atoms with Gasteiger partial charge in [-0.2, -0.15) is 0 Å². The number of ether oxygens (including phenoxy) is 3. The van der Waals surface area contributed by atoms with Crippen LogP contribution in [-0.2, 0) is 0 Å². The molecule has 1 saturated heterocycles. The highest BCUT2D eigenvalue weighted by Gasteiger charge is 2.24. The molecular formula is C25H28N4O4. The molecule has 0 bridgehead atoms. The Morgan fingerprint density at radius 3 is 2.15 bits per heavy atom. The van der Waals surface area contributed by atoms with Crippen molar-refractivity contribution in [1.29, 1.82) is 0 Å². The highest BCUT2D eigenvalue weighted by atomic mass is 16.5.